The summed E-state index contributed by atoms with van der Waals surface area (Å²) in [6.07, 6.45) is 6.34. The van der Waals surface area contributed by atoms with E-state index < -0.39 is 0 Å². The predicted molar refractivity (Wildman–Crippen MR) is 98.1 cm³/mol. The number of carbonyl (C=O) groups is 2. The van der Waals surface area contributed by atoms with Gasteiger partial charge in [0, 0.05) is 38.1 Å². The van der Waals surface area contributed by atoms with Gasteiger partial charge in [-0.1, -0.05) is 0 Å². The molecule has 0 aliphatic carbocycles. The zero-order chi connectivity index (χ0) is 19.5. The number of carbonyl (C=O) groups excluding carboxylic acids is 2. The number of rotatable bonds is 4. The fraction of sp³-hybridized carbons (Fsp3) is 0.400. The summed E-state index contributed by atoms with van der Waals surface area (Å²) in [5.74, 6) is 0.0642. The number of hydrogen-bond acceptors (Lipinski definition) is 5. The van der Waals surface area contributed by atoms with E-state index in [1.807, 2.05) is 4.90 Å². The molecule has 0 N–H and O–H groups in total. The number of aromatic nitrogens is 2. The molecule has 1 aromatic heterocycles. The highest BCUT2D eigenvalue weighted by molar-refractivity contribution is 5.92. The molecule has 0 unspecified atom stereocenters. The number of ether oxygens (including phenoxy) is 1. The normalized spacial score (nSPS) is 21.3. The number of piperidine rings is 1. The van der Waals surface area contributed by atoms with Gasteiger partial charge in [-0.15, -0.1) is 0 Å². The standard InChI is InChI=1S/C20H21FN4O3/c21-15-2-5-17(6-3-15)28-13-19(26)25-11-14-1-4-16(25)12-24(10-14)20(27)18-9-22-7-8-23-18/h2-3,5-9,14,16H,1,4,10-13H2/t14-,16+/m0/s1. The van der Waals surface area contributed by atoms with Crippen LogP contribution in [0.2, 0.25) is 0 Å². The lowest BCUT2D eigenvalue weighted by Crippen LogP contribution is -2.49. The van der Waals surface area contributed by atoms with Gasteiger partial charge in [-0.2, -0.15) is 0 Å². The van der Waals surface area contributed by atoms with Crippen LogP contribution < -0.4 is 4.74 Å². The Morgan fingerprint density at radius 1 is 1.11 bits per heavy atom. The molecule has 4 heterocycles. The van der Waals surface area contributed by atoms with E-state index in [2.05, 4.69) is 9.97 Å². The lowest BCUT2D eigenvalue weighted by atomic mass is 9.95. The first-order valence-corrected chi connectivity index (χ1v) is 9.33. The minimum absolute atomic E-state index is 0.0383. The lowest BCUT2D eigenvalue weighted by molar-refractivity contribution is -0.137. The molecule has 7 nitrogen and oxygen atoms in total. The SMILES string of the molecule is O=C(c1cnccn1)N1C[C@@H]2CC[C@H](C1)N(C(=O)COc1ccc(F)cc1)C2. The van der Waals surface area contributed by atoms with Gasteiger partial charge in [0.2, 0.25) is 0 Å². The predicted octanol–water partition coefficient (Wildman–Crippen LogP) is 1.76. The average Bonchev–Trinajstić information content (AvgIpc) is 3.05. The van der Waals surface area contributed by atoms with Gasteiger partial charge in [0.05, 0.1) is 6.20 Å². The third-order valence-electron chi connectivity index (χ3n) is 5.28. The van der Waals surface area contributed by atoms with E-state index in [0.29, 0.717) is 31.1 Å². The second-order valence-electron chi connectivity index (χ2n) is 7.19. The molecule has 1 aromatic carbocycles. The Morgan fingerprint density at radius 2 is 1.93 bits per heavy atom. The molecule has 3 aliphatic rings. The number of nitrogens with zero attached hydrogens (tertiary/aromatic N) is 4. The number of amides is 2. The molecule has 3 fully saturated rings. The van der Waals surface area contributed by atoms with E-state index >= 15 is 0 Å². The number of benzene rings is 1. The van der Waals surface area contributed by atoms with Gasteiger partial charge in [0.25, 0.3) is 11.8 Å². The molecule has 2 bridgehead atoms. The molecule has 2 amide bonds. The monoisotopic (exact) mass is 384 g/mol. The second kappa shape index (κ2) is 7.92. The first kappa shape index (κ1) is 18.3. The maximum atomic E-state index is 13.0. The van der Waals surface area contributed by atoms with E-state index in [4.69, 9.17) is 4.74 Å². The molecule has 0 radical (unpaired) electrons. The van der Waals surface area contributed by atoms with Crippen molar-refractivity contribution in [2.75, 3.05) is 26.2 Å². The van der Waals surface area contributed by atoms with E-state index in [-0.39, 0.29) is 36.2 Å². The summed E-state index contributed by atoms with van der Waals surface area (Å²) < 4.78 is 18.5. The minimum Gasteiger partial charge on any atom is -0.484 e. The Bertz CT molecular complexity index is 846. The molecule has 5 rings (SSSR count). The Labute approximate surface area is 162 Å². The Balaban J connectivity index is 1.41. The minimum atomic E-state index is -0.351. The summed E-state index contributed by atoms with van der Waals surface area (Å²) in [4.78, 5) is 37.1. The van der Waals surface area contributed by atoms with Crippen molar-refractivity contribution in [3.63, 3.8) is 0 Å². The van der Waals surface area contributed by atoms with Crippen LogP contribution in [-0.4, -0.2) is 63.9 Å². The van der Waals surface area contributed by atoms with E-state index in [9.17, 15) is 14.0 Å². The highest BCUT2D eigenvalue weighted by atomic mass is 19.1. The van der Waals surface area contributed by atoms with Gasteiger partial charge in [-0.05, 0) is 43.0 Å². The lowest BCUT2D eigenvalue weighted by Gasteiger charge is -2.35. The Morgan fingerprint density at radius 3 is 2.68 bits per heavy atom. The van der Waals surface area contributed by atoms with Crippen molar-refractivity contribution in [2.24, 2.45) is 5.92 Å². The van der Waals surface area contributed by atoms with Crippen LogP contribution in [0, 0.1) is 11.7 Å². The van der Waals surface area contributed by atoms with Crippen molar-refractivity contribution in [2.45, 2.75) is 18.9 Å². The number of halogens is 1. The summed E-state index contributed by atoms with van der Waals surface area (Å²) in [7, 11) is 0. The zero-order valence-corrected chi connectivity index (χ0v) is 15.3. The van der Waals surface area contributed by atoms with Crippen LogP contribution in [0.25, 0.3) is 0 Å². The van der Waals surface area contributed by atoms with Crippen molar-refractivity contribution in [1.29, 1.82) is 0 Å². The van der Waals surface area contributed by atoms with Gasteiger partial charge in [0.15, 0.2) is 6.61 Å². The Hall–Kier alpha value is -3.03. The molecular weight excluding hydrogens is 363 g/mol. The number of hydrogen-bond donors (Lipinski definition) is 0. The smallest absolute Gasteiger partial charge is 0.274 e. The third-order valence-corrected chi connectivity index (χ3v) is 5.28. The van der Waals surface area contributed by atoms with Gasteiger partial charge < -0.3 is 14.5 Å². The maximum Gasteiger partial charge on any atom is 0.274 e. The summed E-state index contributed by atoms with van der Waals surface area (Å²) in [5.41, 5.74) is 0.321. The fourth-order valence-corrected chi connectivity index (χ4v) is 3.88. The second-order valence-corrected chi connectivity index (χ2v) is 7.19. The van der Waals surface area contributed by atoms with Crippen molar-refractivity contribution < 1.29 is 18.7 Å². The molecule has 2 aromatic rings. The molecule has 28 heavy (non-hydrogen) atoms. The van der Waals surface area contributed by atoms with Gasteiger partial charge in [-0.25, -0.2) is 9.37 Å². The largest absolute Gasteiger partial charge is 0.484 e. The highest BCUT2D eigenvalue weighted by Crippen LogP contribution is 2.29. The maximum absolute atomic E-state index is 13.0. The van der Waals surface area contributed by atoms with Crippen LogP contribution in [0.1, 0.15) is 23.3 Å². The molecule has 3 aliphatic heterocycles. The molecule has 3 saturated heterocycles. The van der Waals surface area contributed by atoms with Gasteiger partial charge in [-0.3, -0.25) is 14.6 Å². The van der Waals surface area contributed by atoms with Crippen molar-refractivity contribution >= 4 is 11.8 Å². The van der Waals surface area contributed by atoms with Crippen LogP contribution in [-0.2, 0) is 4.79 Å². The molecular formula is C20H21FN4O3. The van der Waals surface area contributed by atoms with Crippen molar-refractivity contribution in [3.8, 4) is 5.75 Å². The molecule has 0 spiro atoms. The molecule has 2 atom stereocenters. The van der Waals surface area contributed by atoms with Crippen LogP contribution in [0.4, 0.5) is 4.39 Å². The van der Waals surface area contributed by atoms with E-state index in [1.165, 1.54) is 42.9 Å². The molecule has 8 heteroatoms. The zero-order valence-electron chi connectivity index (χ0n) is 15.3. The van der Waals surface area contributed by atoms with Crippen LogP contribution in [0.3, 0.4) is 0 Å². The summed E-state index contributed by atoms with van der Waals surface area (Å²) >= 11 is 0. The summed E-state index contributed by atoms with van der Waals surface area (Å²) in [6, 6.07) is 5.55. The summed E-state index contributed by atoms with van der Waals surface area (Å²) in [5, 5.41) is 0. The molecule has 0 saturated carbocycles. The van der Waals surface area contributed by atoms with Gasteiger partial charge >= 0.3 is 0 Å². The van der Waals surface area contributed by atoms with Crippen molar-refractivity contribution in [3.05, 3.63) is 54.4 Å². The topological polar surface area (TPSA) is 75.6 Å². The average molecular weight is 384 g/mol. The first-order chi connectivity index (χ1) is 13.6. The quantitative estimate of drug-likeness (QED) is 0.803. The highest BCUT2D eigenvalue weighted by Gasteiger charge is 2.39. The van der Waals surface area contributed by atoms with Crippen LogP contribution >= 0.6 is 0 Å². The van der Waals surface area contributed by atoms with Crippen molar-refractivity contribution in [1.82, 2.24) is 19.8 Å². The Kier molecular flexibility index (Phi) is 5.18. The fourth-order valence-electron chi connectivity index (χ4n) is 3.88. The number of fused-ring (bicyclic) bond motifs is 4. The third kappa shape index (κ3) is 3.95. The van der Waals surface area contributed by atoms with Crippen LogP contribution in [0.5, 0.6) is 5.75 Å². The van der Waals surface area contributed by atoms with E-state index in [1.54, 1.807) is 4.90 Å². The van der Waals surface area contributed by atoms with Gasteiger partial charge in [0.1, 0.15) is 17.3 Å². The summed E-state index contributed by atoms with van der Waals surface area (Å²) in [6.45, 7) is 1.59. The van der Waals surface area contributed by atoms with Crippen LogP contribution in [0.15, 0.2) is 42.9 Å². The van der Waals surface area contributed by atoms with E-state index in [0.717, 1.165) is 12.8 Å². The first-order valence-electron chi connectivity index (χ1n) is 9.33. The molecule has 146 valence electrons.